The Kier molecular flexibility index (Phi) is 4.27. The van der Waals surface area contributed by atoms with Crippen LogP contribution >= 0.6 is 11.3 Å². The van der Waals surface area contributed by atoms with E-state index in [4.69, 9.17) is 10.7 Å². The maximum absolute atomic E-state index is 9.31. The first kappa shape index (κ1) is 16.5. The second kappa shape index (κ2) is 6.73. The zero-order valence-electron chi connectivity index (χ0n) is 14.4. The van der Waals surface area contributed by atoms with Crippen molar-refractivity contribution in [1.82, 2.24) is 15.0 Å². The van der Waals surface area contributed by atoms with Crippen LogP contribution in [0.25, 0.3) is 11.4 Å². The number of nitrogens with two attached hydrogens (primary N) is 1. The molecule has 0 amide bonds. The van der Waals surface area contributed by atoms with Crippen LogP contribution in [-0.4, -0.2) is 21.5 Å². The molecule has 6 nitrogen and oxygen atoms in total. The van der Waals surface area contributed by atoms with Crippen molar-refractivity contribution >= 4 is 22.2 Å². The molecule has 1 aliphatic heterocycles. The van der Waals surface area contributed by atoms with E-state index in [1.165, 1.54) is 11.3 Å². The summed E-state index contributed by atoms with van der Waals surface area (Å²) in [5, 5.41) is 9.93. The van der Waals surface area contributed by atoms with E-state index in [1.807, 2.05) is 12.1 Å². The summed E-state index contributed by atoms with van der Waals surface area (Å²) < 4.78 is 0. The number of hydrogen-bond acceptors (Lipinski definition) is 7. The summed E-state index contributed by atoms with van der Waals surface area (Å²) in [6, 6.07) is 8.14. The van der Waals surface area contributed by atoms with Crippen LogP contribution in [0.4, 0.5) is 10.8 Å². The van der Waals surface area contributed by atoms with Crippen LogP contribution < -0.4 is 10.6 Å². The lowest BCUT2D eigenvalue weighted by molar-refractivity contribution is 0.729. The minimum absolute atomic E-state index is 0.619. The number of pyridine rings is 1. The van der Waals surface area contributed by atoms with Gasteiger partial charge in [0.2, 0.25) is 0 Å². The number of fused-ring (bicyclic) bond motifs is 1. The number of nitrogen functional groups attached to an aromatic ring is 1. The predicted molar refractivity (Wildman–Crippen MR) is 103 cm³/mol. The van der Waals surface area contributed by atoms with Crippen molar-refractivity contribution in [3.63, 3.8) is 0 Å². The first-order valence-corrected chi connectivity index (χ1v) is 9.34. The fourth-order valence-electron chi connectivity index (χ4n) is 3.20. The van der Waals surface area contributed by atoms with Gasteiger partial charge >= 0.3 is 0 Å². The summed E-state index contributed by atoms with van der Waals surface area (Å²) in [5.74, 6) is 1.63. The van der Waals surface area contributed by atoms with Gasteiger partial charge in [0.15, 0.2) is 5.82 Å². The third-order valence-corrected chi connectivity index (χ3v) is 5.63. The van der Waals surface area contributed by atoms with Gasteiger partial charge in [0.1, 0.15) is 16.9 Å². The van der Waals surface area contributed by atoms with Gasteiger partial charge in [0, 0.05) is 41.1 Å². The molecule has 130 valence electrons. The summed E-state index contributed by atoms with van der Waals surface area (Å²) in [7, 11) is 0. The number of anilines is 2. The maximum Gasteiger partial charge on any atom is 0.161 e. The molecule has 7 heteroatoms. The largest absolute Gasteiger partial charge is 0.389 e. The minimum Gasteiger partial charge on any atom is -0.389 e. The lowest BCUT2D eigenvalue weighted by Crippen LogP contribution is -2.30. The van der Waals surface area contributed by atoms with Gasteiger partial charge in [-0.2, -0.15) is 5.26 Å². The van der Waals surface area contributed by atoms with E-state index in [2.05, 4.69) is 33.9 Å². The monoisotopic (exact) mass is 362 g/mol. The van der Waals surface area contributed by atoms with Crippen molar-refractivity contribution < 1.29 is 0 Å². The van der Waals surface area contributed by atoms with Crippen molar-refractivity contribution in [2.24, 2.45) is 0 Å². The minimum atomic E-state index is 0.619. The zero-order chi connectivity index (χ0) is 18.1. The summed E-state index contributed by atoms with van der Waals surface area (Å²) in [6.45, 7) is 3.63. The van der Waals surface area contributed by atoms with Gasteiger partial charge in [-0.25, -0.2) is 9.97 Å². The van der Waals surface area contributed by atoms with Crippen LogP contribution in [0, 0.1) is 11.3 Å². The second-order valence-electron chi connectivity index (χ2n) is 6.16. The average molecular weight is 362 g/mol. The molecule has 0 unspecified atom stereocenters. The fourth-order valence-corrected chi connectivity index (χ4v) is 4.28. The summed E-state index contributed by atoms with van der Waals surface area (Å²) in [4.78, 5) is 16.9. The van der Waals surface area contributed by atoms with E-state index < -0.39 is 0 Å². The second-order valence-corrected chi connectivity index (χ2v) is 7.29. The van der Waals surface area contributed by atoms with E-state index in [0.29, 0.717) is 10.6 Å². The molecule has 0 radical (unpaired) electrons. The molecule has 0 aromatic carbocycles. The van der Waals surface area contributed by atoms with Crippen molar-refractivity contribution in [3.05, 3.63) is 52.3 Å². The van der Waals surface area contributed by atoms with Gasteiger partial charge in [0.05, 0.1) is 12.1 Å². The van der Waals surface area contributed by atoms with E-state index in [1.54, 1.807) is 12.4 Å². The first-order valence-electron chi connectivity index (χ1n) is 8.53. The molecule has 1 aliphatic rings. The highest BCUT2D eigenvalue weighted by Gasteiger charge is 2.25. The topological polar surface area (TPSA) is 91.7 Å². The molecule has 26 heavy (non-hydrogen) atoms. The van der Waals surface area contributed by atoms with Crippen LogP contribution in [0.5, 0.6) is 0 Å². The highest BCUT2D eigenvalue weighted by atomic mass is 32.1. The molecule has 3 aromatic rings. The van der Waals surface area contributed by atoms with Gasteiger partial charge in [-0.05, 0) is 30.5 Å². The normalized spacial score (nSPS) is 13.3. The Labute approximate surface area is 156 Å². The quantitative estimate of drug-likeness (QED) is 0.769. The molecule has 0 saturated heterocycles. The molecule has 4 heterocycles. The molecule has 0 saturated carbocycles. The highest BCUT2D eigenvalue weighted by Crippen LogP contribution is 2.36. The molecule has 3 aromatic heterocycles. The third-order valence-electron chi connectivity index (χ3n) is 4.59. The van der Waals surface area contributed by atoms with Crippen LogP contribution in [0.1, 0.15) is 28.6 Å². The highest BCUT2D eigenvalue weighted by molar-refractivity contribution is 7.16. The molecule has 4 rings (SSSR count). The van der Waals surface area contributed by atoms with Crippen molar-refractivity contribution in [2.45, 2.75) is 26.3 Å². The molecule has 0 spiro atoms. The number of rotatable bonds is 3. The predicted octanol–water partition coefficient (Wildman–Crippen LogP) is 3.18. The Morgan fingerprint density at radius 1 is 1.31 bits per heavy atom. The van der Waals surface area contributed by atoms with Gasteiger partial charge in [-0.3, -0.25) is 4.98 Å². The number of nitrogens with zero attached hydrogens (tertiary/aromatic N) is 5. The molecule has 2 N–H and O–H groups in total. The SMILES string of the molecule is CCc1cc(N2CCc3c(sc(N)c3C#N)C2)nc(-c2ccncc2)n1. The molecule has 0 aliphatic carbocycles. The van der Waals surface area contributed by atoms with E-state index >= 15 is 0 Å². The number of nitriles is 1. The number of aryl methyl sites for hydroxylation is 1. The number of hydrogen-bond donors (Lipinski definition) is 1. The van der Waals surface area contributed by atoms with Crippen molar-refractivity contribution in [1.29, 1.82) is 5.26 Å². The van der Waals surface area contributed by atoms with Crippen molar-refractivity contribution in [3.8, 4) is 17.5 Å². The third kappa shape index (κ3) is 2.89. The van der Waals surface area contributed by atoms with Gasteiger partial charge in [-0.1, -0.05) is 6.92 Å². The van der Waals surface area contributed by atoms with Gasteiger partial charge in [-0.15, -0.1) is 11.3 Å². The molecule has 0 fully saturated rings. The summed E-state index contributed by atoms with van der Waals surface area (Å²) >= 11 is 1.51. The van der Waals surface area contributed by atoms with Crippen molar-refractivity contribution in [2.75, 3.05) is 17.2 Å². The van der Waals surface area contributed by atoms with Crippen LogP contribution in [0.3, 0.4) is 0 Å². The molecule has 0 atom stereocenters. The Bertz CT molecular complexity index is 989. The average Bonchev–Trinajstić information content (AvgIpc) is 3.02. The van der Waals surface area contributed by atoms with Gasteiger partial charge in [0.25, 0.3) is 0 Å². The summed E-state index contributed by atoms with van der Waals surface area (Å²) in [6.07, 6.45) is 5.16. The van der Waals surface area contributed by atoms with Gasteiger partial charge < -0.3 is 10.6 Å². The van der Waals surface area contributed by atoms with Crippen LogP contribution in [-0.2, 0) is 19.4 Å². The first-order chi connectivity index (χ1) is 12.7. The van der Waals surface area contributed by atoms with E-state index in [-0.39, 0.29) is 0 Å². The molecular weight excluding hydrogens is 344 g/mol. The van der Waals surface area contributed by atoms with E-state index in [9.17, 15) is 5.26 Å². The van der Waals surface area contributed by atoms with Crippen LogP contribution in [0.15, 0.2) is 30.6 Å². The summed E-state index contributed by atoms with van der Waals surface area (Å²) in [5.41, 5.74) is 9.73. The maximum atomic E-state index is 9.31. The number of thiophene rings is 1. The fraction of sp³-hybridized carbons (Fsp3) is 0.263. The number of aromatic nitrogens is 3. The lowest BCUT2D eigenvalue weighted by atomic mass is 10.0. The Hall–Kier alpha value is -2.98. The molecular formula is C19H18N6S. The Morgan fingerprint density at radius 3 is 2.85 bits per heavy atom. The Morgan fingerprint density at radius 2 is 2.12 bits per heavy atom. The Balaban J connectivity index is 1.71. The standard InChI is InChI=1S/C19H18N6S/c1-2-13-9-17(24-19(23-13)12-3-6-22-7-4-12)25-8-5-14-15(10-20)18(21)26-16(14)11-25/h3-4,6-7,9H,2,5,8,11,21H2,1H3. The van der Waals surface area contributed by atoms with E-state index in [0.717, 1.165) is 59.3 Å². The molecule has 0 bridgehead atoms. The lowest BCUT2D eigenvalue weighted by Gasteiger charge is -2.28. The van der Waals surface area contributed by atoms with Crippen LogP contribution in [0.2, 0.25) is 0 Å². The zero-order valence-corrected chi connectivity index (χ0v) is 15.3. The smallest absolute Gasteiger partial charge is 0.161 e.